The number of fused-ring (bicyclic) bond motifs is 9. The summed E-state index contributed by atoms with van der Waals surface area (Å²) in [5.41, 5.74) is 9.70. The molecule has 0 aliphatic heterocycles. The number of H-pyrrole nitrogens is 1. The van der Waals surface area contributed by atoms with Gasteiger partial charge in [-0.2, -0.15) is 0 Å². The molecule has 0 bridgehead atoms. The number of aryl methyl sites for hydroxylation is 1. The Balaban J connectivity index is 1.55. The molecule has 0 radical (unpaired) electrons. The molecule has 1 aliphatic rings. The van der Waals surface area contributed by atoms with Crippen LogP contribution in [0.25, 0.3) is 66.4 Å². The fraction of sp³-hybridized carbons (Fsp3) is 0.0606. The maximum absolute atomic E-state index is 5.11. The van der Waals surface area contributed by atoms with E-state index in [1.165, 1.54) is 49.2 Å². The topological polar surface area (TPSA) is 33.6 Å². The maximum Gasteiger partial charge on any atom is 0.0725 e. The Morgan fingerprint density at radius 1 is 0.722 bits per heavy atom. The normalized spacial score (nSPS) is 13.2. The van der Waals surface area contributed by atoms with Gasteiger partial charge in [-0.3, -0.25) is 4.68 Å². The molecule has 3 nitrogen and oxygen atoms in total. The number of hydrogen-bond donors (Lipinski definition) is 1. The lowest BCUT2D eigenvalue weighted by Crippen LogP contribution is -1.98. The Labute approximate surface area is 208 Å². The summed E-state index contributed by atoms with van der Waals surface area (Å²) in [6.07, 6.45) is 8.87. The Kier molecular flexibility index (Phi) is 4.06. The lowest BCUT2D eigenvalue weighted by molar-refractivity contribution is 0.911. The minimum absolute atomic E-state index is 1.05. The first-order chi connectivity index (χ1) is 17.9. The van der Waals surface area contributed by atoms with Crippen molar-refractivity contribution in [1.29, 1.82) is 0 Å². The molecule has 2 aromatic heterocycles. The van der Waals surface area contributed by atoms with Crippen molar-refractivity contribution in [3.05, 3.63) is 114 Å². The van der Waals surface area contributed by atoms with Crippen LogP contribution < -0.4 is 0 Å². The molecular formula is C33H23N3. The number of nitrogens with one attached hydrogen (secondary N) is 1. The lowest BCUT2D eigenvalue weighted by atomic mass is 9.85. The van der Waals surface area contributed by atoms with Gasteiger partial charge < -0.3 is 5.10 Å². The van der Waals surface area contributed by atoms with Crippen LogP contribution in [0.3, 0.4) is 0 Å². The van der Waals surface area contributed by atoms with Crippen LogP contribution in [0.1, 0.15) is 17.5 Å². The summed E-state index contributed by atoms with van der Waals surface area (Å²) < 4.78 is 2.16. The molecule has 1 N–H and O–H groups in total. The van der Waals surface area contributed by atoms with E-state index in [-0.39, 0.29) is 0 Å². The first-order valence-corrected chi connectivity index (χ1v) is 12.5. The van der Waals surface area contributed by atoms with Gasteiger partial charge in [-0.05, 0) is 82.3 Å². The molecule has 1 aliphatic carbocycles. The van der Waals surface area contributed by atoms with Gasteiger partial charge in [0.2, 0.25) is 0 Å². The first kappa shape index (κ1) is 19.7. The summed E-state index contributed by atoms with van der Waals surface area (Å²) in [6.45, 7) is 0. The average molecular weight is 462 g/mol. The molecule has 0 saturated carbocycles. The third kappa shape index (κ3) is 2.71. The molecule has 5 aromatic carbocycles. The highest BCUT2D eigenvalue weighted by molar-refractivity contribution is 6.29. The summed E-state index contributed by atoms with van der Waals surface area (Å²) >= 11 is 0. The minimum Gasteiger partial charge on any atom is -0.300 e. The molecule has 0 amide bonds. The number of aromatic nitrogens is 3. The quantitative estimate of drug-likeness (QED) is 0.275. The van der Waals surface area contributed by atoms with Crippen LogP contribution in [-0.2, 0) is 6.42 Å². The van der Waals surface area contributed by atoms with Crippen LogP contribution in [-0.4, -0.2) is 14.8 Å². The third-order valence-corrected chi connectivity index (χ3v) is 7.65. The number of nitrogens with zero attached hydrogens (tertiary/aromatic N) is 2. The fourth-order valence-corrected chi connectivity index (χ4v) is 6.07. The maximum atomic E-state index is 5.11. The number of para-hydroxylation sites is 1. The van der Waals surface area contributed by atoms with Crippen molar-refractivity contribution in [1.82, 2.24) is 14.8 Å². The fourth-order valence-electron chi connectivity index (χ4n) is 6.07. The highest BCUT2D eigenvalue weighted by Gasteiger charge is 2.21. The Bertz CT molecular complexity index is 1970. The second-order valence-corrected chi connectivity index (χ2v) is 9.63. The van der Waals surface area contributed by atoms with E-state index in [9.17, 15) is 0 Å². The molecule has 0 atom stereocenters. The van der Waals surface area contributed by atoms with Gasteiger partial charge in [-0.1, -0.05) is 66.7 Å². The Hall–Kier alpha value is -4.63. The van der Waals surface area contributed by atoms with E-state index < -0.39 is 0 Å². The van der Waals surface area contributed by atoms with Crippen molar-refractivity contribution in [2.45, 2.75) is 12.8 Å². The molecule has 2 heterocycles. The van der Waals surface area contributed by atoms with E-state index >= 15 is 0 Å². The predicted octanol–water partition coefficient (Wildman–Crippen LogP) is 8.44. The van der Waals surface area contributed by atoms with Gasteiger partial charge in [0, 0.05) is 22.4 Å². The third-order valence-electron chi connectivity index (χ3n) is 7.65. The number of allylic oxidation sites excluding steroid dienone is 1. The van der Waals surface area contributed by atoms with E-state index in [0.717, 1.165) is 35.1 Å². The standard InChI is InChI=1S/C33H23N3/c1-3-9-21(10-4-1)26-19-22-11-7-8-14-24(22)31-25(26)15-16-29-33(31)32-27-20-34-36(23-12-5-2-6-13-23)30(27)18-17-28(32)35-29/h1-7,9-13,15-20,34H,8,14H2. The molecule has 0 unspecified atom stereocenters. The zero-order valence-corrected chi connectivity index (χ0v) is 19.7. The summed E-state index contributed by atoms with van der Waals surface area (Å²) in [5, 5.41) is 9.88. The van der Waals surface area contributed by atoms with Crippen molar-refractivity contribution in [2.24, 2.45) is 0 Å². The van der Waals surface area contributed by atoms with Gasteiger partial charge in [0.25, 0.3) is 0 Å². The molecule has 170 valence electrons. The van der Waals surface area contributed by atoms with Crippen molar-refractivity contribution >= 4 is 49.6 Å². The van der Waals surface area contributed by atoms with Crippen molar-refractivity contribution < 1.29 is 0 Å². The SMILES string of the molecule is C1=Cc2cc(-c3ccccc3)c3ccc4nc5ccc6c(c[nH]n6-c6ccccc6)c5c4c3c2CC1. The van der Waals surface area contributed by atoms with E-state index in [0.29, 0.717) is 0 Å². The second-order valence-electron chi connectivity index (χ2n) is 9.63. The Morgan fingerprint density at radius 3 is 2.36 bits per heavy atom. The molecule has 0 spiro atoms. The number of rotatable bonds is 2. The molecule has 0 fully saturated rings. The number of benzene rings is 5. The smallest absolute Gasteiger partial charge is 0.0725 e. The molecule has 36 heavy (non-hydrogen) atoms. The molecular weight excluding hydrogens is 438 g/mol. The van der Waals surface area contributed by atoms with Gasteiger partial charge in [0.05, 0.1) is 22.2 Å². The van der Waals surface area contributed by atoms with Gasteiger partial charge in [0.1, 0.15) is 0 Å². The van der Waals surface area contributed by atoms with Crippen molar-refractivity contribution in [2.75, 3.05) is 0 Å². The highest BCUT2D eigenvalue weighted by Crippen LogP contribution is 2.43. The zero-order chi connectivity index (χ0) is 23.6. The summed E-state index contributed by atoms with van der Waals surface area (Å²) in [6, 6.07) is 32.4. The molecule has 3 heteroatoms. The van der Waals surface area contributed by atoms with Crippen LogP contribution in [0, 0.1) is 0 Å². The van der Waals surface area contributed by atoms with Gasteiger partial charge >= 0.3 is 0 Å². The van der Waals surface area contributed by atoms with Crippen LogP contribution in [0.15, 0.2) is 103 Å². The molecule has 7 aromatic rings. The van der Waals surface area contributed by atoms with Gasteiger partial charge in [0.15, 0.2) is 0 Å². The predicted molar refractivity (Wildman–Crippen MR) is 151 cm³/mol. The van der Waals surface area contributed by atoms with Gasteiger partial charge in [-0.15, -0.1) is 0 Å². The summed E-state index contributed by atoms with van der Waals surface area (Å²) in [5.74, 6) is 0. The van der Waals surface area contributed by atoms with Crippen LogP contribution in [0.4, 0.5) is 0 Å². The van der Waals surface area contributed by atoms with Crippen molar-refractivity contribution in [3.8, 4) is 16.8 Å². The van der Waals surface area contributed by atoms with Crippen LogP contribution in [0.5, 0.6) is 0 Å². The number of aromatic amines is 1. The highest BCUT2D eigenvalue weighted by atomic mass is 15.3. The summed E-state index contributed by atoms with van der Waals surface area (Å²) in [4.78, 5) is 5.11. The Morgan fingerprint density at radius 2 is 1.50 bits per heavy atom. The zero-order valence-electron chi connectivity index (χ0n) is 19.7. The largest absolute Gasteiger partial charge is 0.300 e. The average Bonchev–Trinajstić information content (AvgIpc) is 3.55. The number of hydrogen-bond acceptors (Lipinski definition) is 1. The van der Waals surface area contributed by atoms with Crippen LogP contribution in [0.2, 0.25) is 0 Å². The first-order valence-electron chi connectivity index (χ1n) is 12.5. The van der Waals surface area contributed by atoms with E-state index in [4.69, 9.17) is 4.98 Å². The molecule has 8 rings (SSSR count). The summed E-state index contributed by atoms with van der Waals surface area (Å²) in [7, 11) is 0. The van der Waals surface area contributed by atoms with E-state index in [2.05, 4.69) is 119 Å². The van der Waals surface area contributed by atoms with E-state index in [1.807, 2.05) is 0 Å². The van der Waals surface area contributed by atoms with E-state index in [1.54, 1.807) is 0 Å². The minimum atomic E-state index is 1.05. The van der Waals surface area contributed by atoms with Crippen molar-refractivity contribution in [3.63, 3.8) is 0 Å². The second kappa shape index (κ2) is 7.43. The monoisotopic (exact) mass is 461 g/mol. The van der Waals surface area contributed by atoms with Gasteiger partial charge in [-0.25, -0.2) is 4.98 Å². The van der Waals surface area contributed by atoms with Crippen LogP contribution >= 0.6 is 0 Å². The molecule has 0 saturated heterocycles. The lowest BCUT2D eigenvalue weighted by Gasteiger charge is -2.18.